The summed E-state index contributed by atoms with van der Waals surface area (Å²) < 4.78 is 0. The molecule has 0 saturated carbocycles. The van der Waals surface area contributed by atoms with Crippen molar-refractivity contribution in [2.75, 3.05) is 0 Å². The van der Waals surface area contributed by atoms with Gasteiger partial charge in [-0.25, -0.2) is 19.2 Å². The molecule has 0 spiro atoms. The predicted octanol–water partition coefficient (Wildman–Crippen LogP) is 3.61. The quantitative estimate of drug-likeness (QED) is 0.545. The van der Waals surface area contributed by atoms with Crippen molar-refractivity contribution in [2.24, 2.45) is 0 Å². The highest BCUT2D eigenvalue weighted by Gasteiger charge is 1.91. The molecular weight excluding hydrogens is 344 g/mol. The molecule has 0 saturated heterocycles. The smallest absolute Gasteiger partial charge is 0.330 e. The number of rotatable bonds is 4. The van der Waals surface area contributed by atoms with Gasteiger partial charge >= 0.3 is 23.9 Å². The van der Waals surface area contributed by atoms with Crippen molar-refractivity contribution in [3.05, 3.63) is 48.6 Å². The van der Waals surface area contributed by atoms with Gasteiger partial charge in [0.05, 0.1) is 0 Å². The molecule has 0 bridgehead atoms. The second-order valence-corrected chi connectivity index (χ2v) is 4.34. The van der Waals surface area contributed by atoms with Crippen LogP contribution >= 0.6 is 0 Å². The summed E-state index contributed by atoms with van der Waals surface area (Å²) in [6, 6.07) is 0. The van der Waals surface area contributed by atoms with Gasteiger partial charge in [0.15, 0.2) is 0 Å². The van der Waals surface area contributed by atoms with Gasteiger partial charge in [-0.15, -0.1) is 0 Å². The Morgan fingerprint density at radius 2 is 0.500 bits per heavy atom. The fourth-order valence-electron chi connectivity index (χ4n) is 0. The molecule has 0 aliphatic heterocycles. The van der Waals surface area contributed by atoms with Crippen LogP contribution in [0.1, 0.15) is 41.5 Å². The molecule has 0 aromatic carbocycles. The molecule has 8 nitrogen and oxygen atoms in total. The first-order chi connectivity index (χ1) is 11.6. The highest BCUT2D eigenvalue weighted by Crippen LogP contribution is 1.82. The maximum absolute atomic E-state index is 9.60. The van der Waals surface area contributed by atoms with Crippen molar-refractivity contribution in [1.29, 1.82) is 0 Å². The summed E-state index contributed by atoms with van der Waals surface area (Å²) in [7, 11) is 0. The number of carbonyl (C=O) groups is 4. The third kappa shape index (κ3) is 49.8. The molecule has 0 aromatic heterocycles. The van der Waals surface area contributed by atoms with Crippen LogP contribution in [-0.4, -0.2) is 44.3 Å². The molecule has 0 fully saturated rings. The minimum absolute atomic E-state index is 0.176. The van der Waals surface area contributed by atoms with E-state index in [1.807, 2.05) is 13.8 Å². The zero-order valence-electron chi connectivity index (χ0n) is 16.3. The Labute approximate surface area is 154 Å². The number of carboxylic acids is 4. The lowest BCUT2D eigenvalue weighted by Gasteiger charge is -1.79. The number of aliphatic carboxylic acids is 4. The van der Waals surface area contributed by atoms with Gasteiger partial charge < -0.3 is 20.4 Å². The Balaban J connectivity index is -0.0000000729. The third-order valence-corrected chi connectivity index (χ3v) is 1.46. The average molecular weight is 374 g/mol. The molecule has 0 rings (SSSR count). The van der Waals surface area contributed by atoms with Crippen molar-refractivity contribution in [1.82, 2.24) is 0 Å². The molecule has 0 aliphatic rings. The number of hydrogen-bond acceptors (Lipinski definition) is 4. The largest absolute Gasteiger partial charge is 0.478 e. The standard InChI is InChI=1S/4C4H6O2.C2H6/c4*1-3(2)4(5)6;1-2/h4*1H2,2H3,(H,5,6);1-2H3. The van der Waals surface area contributed by atoms with Crippen molar-refractivity contribution >= 4 is 23.9 Å². The number of carboxylic acid groups (broad SMARTS) is 4. The fraction of sp³-hybridized carbons (Fsp3) is 0.333. The summed E-state index contributed by atoms with van der Waals surface area (Å²) >= 11 is 0. The topological polar surface area (TPSA) is 149 Å². The summed E-state index contributed by atoms with van der Waals surface area (Å²) in [6.45, 7) is 22.4. The molecule has 0 amide bonds. The molecular formula is C18H30O8. The second kappa shape index (κ2) is 21.8. The zero-order chi connectivity index (χ0) is 22.6. The maximum Gasteiger partial charge on any atom is 0.330 e. The lowest BCUT2D eigenvalue weighted by Crippen LogP contribution is -1.92. The van der Waals surface area contributed by atoms with E-state index >= 15 is 0 Å². The average Bonchev–Trinajstić information content (AvgIpc) is 2.50. The molecule has 4 N–H and O–H groups in total. The normalized spacial score (nSPS) is 7.15. The summed E-state index contributed by atoms with van der Waals surface area (Å²) in [5, 5.41) is 31.6. The van der Waals surface area contributed by atoms with Crippen LogP contribution in [0.2, 0.25) is 0 Å². The summed E-state index contributed by atoms with van der Waals surface area (Å²) in [4.78, 5) is 38.4. The van der Waals surface area contributed by atoms with Gasteiger partial charge in [0, 0.05) is 22.3 Å². The van der Waals surface area contributed by atoms with Gasteiger partial charge in [0.1, 0.15) is 0 Å². The highest BCUT2D eigenvalue weighted by molar-refractivity contribution is 5.85. The SMILES string of the molecule is C=C(C)C(=O)O.C=C(C)C(=O)O.C=C(C)C(=O)O.C=C(C)C(=O)O.CC. The van der Waals surface area contributed by atoms with Crippen LogP contribution < -0.4 is 0 Å². The number of hydrogen-bond donors (Lipinski definition) is 4. The van der Waals surface area contributed by atoms with E-state index in [2.05, 4.69) is 26.3 Å². The second-order valence-electron chi connectivity index (χ2n) is 4.34. The molecule has 0 heterocycles. The van der Waals surface area contributed by atoms with Crippen LogP contribution in [0.5, 0.6) is 0 Å². The van der Waals surface area contributed by atoms with Gasteiger partial charge in [0.2, 0.25) is 0 Å². The van der Waals surface area contributed by atoms with Crippen molar-refractivity contribution < 1.29 is 39.6 Å². The third-order valence-electron chi connectivity index (χ3n) is 1.46. The van der Waals surface area contributed by atoms with E-state index in [1.165, 1.54) is 27.7 Å². The van der Waals surface area contributed by atoms with Crippen molar-refractivity contribution in [3.63, 3.8) is 0 Å². The molecule has 0 atom stereocenters. The van der Waals surface area contributed by atoms with Crippen molar-refractivity contribution in [3.8, 4) is 0 Å². The van der Waals surface area contributed by atoms with Gasteiger partial charge in [-0.05, 0) is 27.7 Å². The Morgan fingerprint density at radius 3 is 0.500 bits per heavy atom. The van der Waals surface area contributed by atoms with Crippen LogP contribution in [0.3, 0.4) is 0 Å². The van der Waals surface area contributed by atoms with E-state index in [0.29, 0.717) is 0 Å². The molecule has 8 heteroatoms. The first kappa shape index (κ1) is 34.2. The molecule has 0 aromatic rings. The maximum atomic E-state index is 9.60. The van der Waals surface area contributed by atoms with Crippen LogP contribution in [0, 0.1) is 0 Å². The molecule has 150 valence electrons. The lowest BCUT2D eigenvalue weighted by atomic mass is 10.4. The predicted molar refractivity (Wildman–Crippen MR) is 101 cm³/mol. The minimum Gasteiger partial charge on any atom is -0.478 e. The first-order valence-electron chi connectivity index (χ1n) is 7.13. The minimum atomic E-state index is -0.935. The fourth-order valence-corrected chi connectivity index (χ4v) is 0. The van der Waals surface area contributed by atoms with Crippen LogP contribution in [0.4, 0.5) is 0 Å². The Bertz CT molecular complexity index is 383. The molecule has 0 unspecified atom stereocenters. The summed E-state index contributed by atoms with van der Waals surface area (Å²) in [6.07, 6.45) is 0. The summed E-state index contributed by atoms with van der Waals surface area (Å²) in [5.41, 5.74) is 0.704. The van der Waals surface area contributed by atoms with Crippen LogP contribution in [0.25, 0.3) is 0 Å². The first-order valence-corrected chi connectivity index (χ1v) is 7.13. The van der Waals surface area contributed by atoms with Crippen LogP contribution in [0.15, 0.2) is 48.6 Å². The van der Waals surface area contributed by atoms with E-state index in [1.54, 1.807) is 0 Å². The Kier molecular flexibility index (Phi) is 28.8. The monoisotopic (exact) mass is 374 g/mol. The van der Waals surface area contributed by atoms with E-state index < -0.39 is 23.9 Å². The van der Waals surface area contributed by atoms with Gasteiger partial charge in [-0.1, -0.05) is 40.2 Å². The highest BCUT2D eigenvalue weighted by atomic mass is 16.4. The van der Waals surface area contributed by atoms with E-state index in [4.69, 9.17) is 20.4 Å². The lowest BCUT2D eigenvalue weighted by molar-refractivity contribution is -0.133. The van der Waals surface area contributed by atoms with E-state index in [-0.39, 0.29) is 22.3 Å². The van der Waals surface area contributed by atoms with Gasteiger partial charge in [-0.3, -0.25) is 0 Å². The van der Waals surface area contributed by atoms with E-state index in [9.17, 15) is 19.2 Å². The Hall–Kier alpha value is -3.16. The van der Waals surface area contributed by atoms with Crippen LogP contribution in [-0.2, 0) is 19.2 Å². The molecule has 0 radical (unpaired) electrons. The van der Waals surface area contributed by atoms with Gasteiger partial charge in [-0.2, -0.15) is 0 Å². The molecule has 26 heavy (non-hydrogen) atoms. The molecule has 0 aliphatic carbocycles. The van der Waals surface area contributed by atoms with Gasteiger partial charge in [0.25, 0.3) is 0 Å². The zero-order valence-corrected chi connectivity index (χ0v) is 16.3. The van der Waals surface area contributed by atoms with E-state index in [0.717, 1.165) is 0 Å². The Morgan fingerprint density at radius 1 is 0.462 bits per heavy atom. The summed E-state index contributed by atoms with van der Waals surface area (Å²) in [5.74, 6) is -3.74. The van der Waals surface area contributed by atoms with Crippen molar-refractivity contribution in [2.45, 2.75) is 41.5 Å².